The van der Waals surface area contributed by atoms with Gasteiger partial charge in [0.2, 0.25) is 0 Å². The normalized spacial score (nSPS) is 24.9. The van der Waals surface area contributed by atoms with Crippen LogP contribution in [0.5, 0.6) is 0 Å². The predicted molar refractivity (Wildman–Crippen MR) is 69.7 cm³/mol. The van der Waals surface area contributed by atoms with Crippen molar-refractivity contribution in [3.8, 4) is 0 Å². The number of rotatable bonds is 4. The lowest BCUT2D eigenvalue weighted by atomic mass is 9.62. The number of carbonyl (C=O) groups excluding carboxylic acids is 3. The number of methoxy groups -OCH3 is 2. The average Bonchev–Trinajstić information content (AvgIpc) is 2.43. The molecule has 0 saturated heterocycles. The van der Waals surface area contributed by atoms with Crippen molar-refractivity contribution in [1.82, 2.24) is 0 Å². The van der Waals surface area contributed by atoms with Crippen molar-refractivity contribution in [1.29, 1.82) is 0 Å². The van der Waals surface area contributed by atoms with Gasteiger partial charge in [0.15, 0.2) is 5.41 Å². The Kier molecular flexibility index (Phi) is 5.28. The van der Waals surface area contributed by atoms with Gasteiger partial charge in [-0.05, 0) is 32.6 Å². The molecule has 1 rings (SSSR count). The van der Waals surface area contributed by atoms with Crippen molar-refractivity contribution in [3.05, 3.63) is 0 Å². The molecule has 0 spiro atoms. The summed E-state index contributed by atoms with van der Waals surface area (Å²) in [7, 11) is 2.37. The second-order valence-electron chi connectivity index (χ2n) is 5.42. The monoisotopic (exact) mass is 286 g/mol. The van der Waals surface area contributed by atoms with Crippen molar-refractivity contribution in [3.63, 3.8) is 0 Å². The first-order valence-corrected chi connectivity index (χ1v) is 6.68. The van der Waals surface area contributed by atoms with Gasteiger partial charge in [0.25, 0.3) is 0 Å². The van der Waals surface area contributed by atoms with Crippen molar-refractivity contribution in [2.45, 2.75) is 39.2 Å². The Hall–Kier alpha value is -1.43. The zero-order chi connectivity index (χ0) is 15.5. The van der Waals surface area contributed by atoms with Gasteiger partial charge in [-0.2, -0.15) is 0 Å². The van der Waals surface area contributed by atoms with Crippen LogP contribution < -0.4 is 0 Å². The lowest BCUT2D eigenvalue weighted by molar-refractivity contribution is -0.177. The highest BCUT2D eigenvalue weighted by Gasteiger charge is 2.56. The summed E-state index contributed by atoms with van der Waals surface area (Å²) < 4.78 is 9.44. The number of esters is 2. The molecular formula is C14H22O6. The fraction of sp³-hybridized carbons (Fsp3) is 0.786. The first-order valence-electron chi connectivity index (χ1n) is 6.68. The summed E-state index contributed by atoms with van der Waals surface area (Å²) in [5, 5.41) is 9.87. The zero-order valence-electron chi connectivity index (χ0n) is 12.3. The van der Waals surface area contributed by atoms with Gasteiger partial charge in [-0.25, -0.2) is 0 Å². The second kappa shape index (κ2) is 6.35. The third-order valence-corrected chi connectivity index (χ3v) is 4.22. The van der Waals surface area contributed by atoms with Gasteiger partial charge in [-0.3, -0.25) is 14.4 Å². The van der Waals surface area contributed by atoms with E-state index in [0.29, 0.717) is 19.3 Å². The topological polar surface area (TPSA) is 89.9 Å². The average molecular weight is 286 g/mol. The number of ether oxygens (including phenoxy) is 2. The van der Waals surface area contributed by atoms with Crippen LogP contribution in [0.3, 0.4) is 0 Å². The van der Waals surface area contributed by atoms with E-state index in [4.69, 9.17) is 9.47 Å². The second-order valence-corrected chi connectivity index (χ2v) is 5.42. The van der Waals surface area contributed by atoms with Gasteiger partial charge in [-0.15, -0.1) is 0 Å². The number of aliphatic hydroxyl groups is 1. The van der Waals surface area contributed by atoms with Gasteiger partial charge in [0, 0.05) is 12.3 Å². The van der Waals surface area contributed by atoms with Crippen LogP contribution in [0.25, 0.3) is 0 Å². The number of Topliss-reactive ketones (excluding diaryl/α,β-unsaturated/α-hetero) is 1. The summed E-state index contributed by atoms with van der Waals surface area (Å²) in [6.07, 6.45) is 0.490. The van der Waals surface area contributed by atoms with Crippen molar-refractivity contribution in [2.75, 3.05) is 14.2 Å². The Balaban J connectivity index is 3.27. The van der Waals surface area contributed by atoms with E-state index in [1.165, 1.54) is 28.1 Å². The molecule has 1 fully saturated rings. The summed E-state index contributed by atoms with van der Waals surface area (Å²) >= 11 is 0. The SMILES string of the molecule is COC(=O)C(C)(C(=O)OC)[C@@H]1CCCC(=O)C1C(C)O. The fourth-order valence-corrected chi connectivity index (χ4v) is 3.13. The zero-order valence-corrected chi connectivity index (χ0v) is 12.3. The minimum absolute atomic E-state index is 0.129. The van der Waals surface area contributed by atoms with E-state index >= 15 is 0 Å². The van der Waals surface area contributed by atoms with E-state index < -0.39 is 35.3 Å². The molecule has 6 heteroatoms. The van der Waals surface area contributed by atoms with Crippen LogP contribution >= 0.6 is 0 Å². The highest BCUT2D eigenvalue weighted by Crippen LogP contribution is 2.43. The molecule has 1 aliphatic carbocycles. The molecule has 20 heavy (non-hydrogen) atoms. The lowest BCUT2D eigenvalue weighted by Gasteiger charge is -2.40. The van der Waals surface area contributed by atoms with Gasteiger partial charge in [-0.1, -0.05) is 0 Å². The molecule has 1 saturated carbocycles. The van der Waals surface area contributed by atoms with E-state index in [-0.39, 0.29) is 5.78 Å². The molecule has 6 nitrogen and oxygen atoms in total. The number of carbonyl (C=O) groups is 3. The highest BCUT2D eigenvalue weighted by atomic mass is 16.5. The first kappa shape index (κ1) is 16.6. The van der Waals surface area contributed by atoms with Gasteiger partial charge in [0.1, 0.15) is 5.78 Å². The summed E-state index contributed by atoms with van der Waals surface area (Å²) in [5.74, 6) is -2.99. The molecule has 0 bridgehead atoms. The summed E-state index contributed by atoms with van der Waals surface area (Å²) in [6.45, 7) is 2.92. The van der Waals surface area contributed by atoms with Crippen LogP contribution in [0, 0.1) is 17.3 Å². The first-order chi connectivity index (χ1) is 9.30. The Labute approximate surface area is 118 Å². The standard InChI is InChI=1S/C14H22O6/c1-8(15)11-9(6-5-7-10(11)16)14(2,12(17)19-3)13(18)20-4/h8-9,11,15H,5-7H2,1-4H3/t8?,9-,11?/m1/s1. The van der Waals surface area contributed by atoms with Crippen molar-refractivity contribution < 1.29 is 29.0 Å². The Bertz CT molecular complexity index is 384. The van der Waals surface area contributed by atoms with Gasteiger partial charge in [0.05, 0.1) is 20.3 Å². The molecule has 0 aromatic heterocycles. The maximum Gasteiger partial charge on any atom is 0.323 e. The van der Waals surface area contributed by atoms with Crippen LogP contribution in [0.1, 0.15) is 33.1 Å². The third kappa shape index (κ3) is 2.70. The Morgan fingerprint density at radius 2 is 1.80 bits per heavy atom. The molecule has 0 aromatic rings. The predicted octanol–water partition coefficient (Wildman–Crippen LogP) is 0.705. The Morgan fingerprint density at radius 1 is 1.30 bits per heavy atom. The molecule has 3 atom stereocenters. The van der Waals surface area contributed by atoms with Gasteiger partial charge >= 0.3 is 11.9 Å². The minimum Gasteiger partial charge on any atom is -0.468 e. The van der Waals surface area contributed by atoms with Gasteiger partial charge < -0.3 is 14.6 Å². The quantitative estimate of drug-likeness (QED) is 0.604. The van der Waals surface area contributed by atoms with Crippen LogP contribution in [-0.4, -0.2) is 43.2 Å². The molecule has 114 valence electrons. The van der Waals surface area contributed by atoms with Crippen molar-refractivity contribution >= 4 is 17.7 Å². The van der Waals surface area contributed by atoms with E-state index in [1.54, 1.807) is 0 Å². The maximum atomic E-state index is 12.1. The molecular weight excluding hydrogens is 264 g/mol. The van der Waals surface area contributed by atoms with E-state index in [9.17, 15) is 19.5 Å². The molecule has 0 amide bonds. The largest absolute Gasteiger partial charge is 0.468 e. The van der Waals surface area contributed by atoms with E-state index in [0.717, 1.165) is 0 Å². The maximum absolute atomic E-state index is 12.1. The highest BCUT2D eigenvalue weighted by molar-refractivity contribution is 6.01. The molecule has 0 aromatic carbocycles. The number of ketones is 1. The molecule has 0 radical (unpaired) electrons. The molecule has 0 heterocycles. The summed E-state index contributed by atoms with van der Waals surface area (Å²) in [6, 6.07) is 0. The number of aliphatic hydroxyl groups excluding tert-OH is 1. The minimum atomic E-state index is -1.58. The summed E-state index contributed by atoms with van der Waals surface area (Å²) in [5.41, 5.74) is -1.58. The molecule has 2 unspecified atom stereocenters. The van der Waals surface area contributed by atoms with Crippen molar-refractivity contribution in [2.24, 2.45) is 17.3 Å². The van der Waals surface area contributed by atoms with Crippen LogP contribution in [0.4, 0.5) is 0 Å². The smallest absolute Gasteiger partial charge is 0.323 e. The Morgan fingerprint density at radius 3 is 2.20 bits per heavy atom. The molecule has 1 aliphatic rings. The van der Waals surface area contributed by atoms with Crippen LogP contribution in [0.15, 0.2) is 0 Å². The van der Waals surface area contributed by atoms with E-state index in [2.05, 4.69) is 0 Å². The lowest BCUT2D eigenvalue weighted by Crippen LogP contribution is -2.52. The summed E-state index contributed by atoms with van der Waals surface area (Å²) in [4.78, 5) is 36.2. The van der Waals surface area contributed by atoms with Crippen LogP contribution in [0.2, 0.25) is 0 Å². The third-order valence-electron chi connectivity index (χ3n) is 4.22. The molecule has 0 aliphatic heterocycles. The fourth-order valence-electron chi connectivity index (χ4n) is 3.13. The van der Waals surface area contributed by atoms with Crippen LogP contribution in [-0.2, 0) is 23.9 Å². The number of hydrogen-bond acceptors (Lipinski definition) is 6. The van der Waals surface area contributed by atoms with E-state index in [1.807, 2.05) is 0 Å². The number of hydrogen-bond donors (Lipinski definition) is 1. The molecule has 1 N–H and O–H groups in total.